The Labute approximate surface area is 132 Å². The summed E-state index contributed by atoms with van der Waals surface area (Å²) in [7, 11) is 0. The van der Waals surface area contributed by atoms with Crippen LogP contribution in [-0.2, 0) is 11.3 Å². The van der Waals surface area contributed by atoms with E-state index in [4.69, 9.17) is 6.42 Å². The lowest BCUT2D eigenvalue weighted by Crippen LogP contribution is -2.39. The molecule has 0 spiro atoms. The van der Waals surface area contributed by atoms with E-state index < -0.39 is 6.04 Å². The Bertz CT molecular complexity index is 604. The zero-order chi connectivity index (χ0) is 16.0. The van der Waals surface area contributed by atoms with Crippen molar-refractivity contribution in [1.82, 2.24) is 15.1 Å². The van der Waals surface area contributed by atoms with E-state index in [1.54, 1.807) is 6.92 Å². The summed E-state index contributed by atoms with van der Waals surface area (Å²) in [6.07, 6.45) is 6.63. The largest absolute Gasteiger partial charge is 0.372 e. The summed E-state index contributed by atoms with van der Waals surface area (Å²) in [4.78, 5) is 23.9. The molecule has 1 unspecified atom stereocenters. The topological polar surface area (TPSA) is 76.0 Å². The third-order valence-corrected chi connectivity index (χ3v) is 3.44. The van der Waals surface area contributed by atoms with Crippen molar-refractivity contribution in [2.24, 2.45) is 5.92 Å². The van der Waals surface area contributed by atoms with Crippen LogP contribution in [0.4, 0.5) is 5.69 Å². The molecule has 0 saturated carbocycles. The van der Waals surface area contributed by atoms with Crippen LogP contribution in [0.2, 0.25) is 0 Å². The third-order valence-electron chi connectivity index (χ3n) is 2.68. The summed E-state index contributed by atoms with van der Waals surface area (Å²) in [5, 5.41) is 9.73. The van der Waals surface area contributed by atoms with Gasteiger partial charge in [0, 0.05) is 6.54 Å². The highest BCUT2D eigenvalue weighted by Gasteiger charge is 2.16. The third kappa shape index (κ3) is 4.90. The second-order valence-corrected chi connectivity index (χ2v) is 5.84. The number of halogens is 1. The Morgan fingerprint density at radius 3 is 2.76 bits per heavy atom. The molecule has 1 amide bonds. The molecule has 0 radical (unpaired) electrons. The fourth-order valence-electron chi connectivity index (χ4n) is 1.52. The van der Waals surface area contributed by atoms with Gasteiger partial charge in [0.05, 0.1) is 11.9 Å². The molecule has 7 heteroatoms. The van der Waals surface area contributed by atoms with Gasteiger partial charge in [-0.15, -0.1) is 6.42 Å². The van der Waals surface area contributed by atoms with Crippen molar-refractivity contribution >= 4 is 27.5 Å². The predicted octanol–water partition coefficient (Wildman–Crippen LogP) is 1.21. The molecule has 0 saturated heterocycles. The summed E-state index contributed by atoms with van der Waals surface area (Å²) in [5.41, 5.74) is 0.119. The lowest BCUT2D eigenvalue weighted by atomic mass is 10.2. The van der Waals surface area contributed by atoms with Gasteiger partial charge < -0.3 is 10.6 Å². The molecular weight excluding hydrogens is 336 g/mol. The normalized spacial score (nSPS) is 11.8. The van der Waals surface area contributed by atoms with Gasteiger partial charge in [0.2, 0.25) is 5.91 Å². The minimum Gasteiger partial charge on any atom is -0.372 e. The number of amides is 1. The highest BCUT2D eigenvalue weighted by atomic mass is 79.9. The SMILES string of the molecule is C#CCn1ncc(NC(C)C(=O)NCC(C)C)c(Br)c1=O. The smallest absolute Gasteiger partial charge is 0.284 e. The van der Waals surface area contributed by atoms with Crippen LogP contribution < -0.4 is 16.2 Å². The Hall–Kier alpha value is -1.81. The van der Waals surface area contributed by atoms with Crippen molar-refractivity contribution < 1.29 is 4.79 Å². The van der Waals surface area contributed by atoms with Crippen molar-refractivity contribution in [3.8, 4) is 12.3 Å². The van der Waals surface area contributed by atoms with Crippen molar-refractivity contribution in [2.75, 3.05) is 11.9 Å². The molecule has 114 valence electrons. The second kappa shape index (κ2) is 7.84. The molecule has 1 atom stereocenters. The van der Waals surface area contributed by atoms with Gasteiger partial charge in [-0.2, -0.15) is 5.10 Å². The monoisotopic (exact) mass is 354 g/mol. The standard InChI is InChI=1S/C14H19BrN4O2/c1-5-6-19-14(21)12(15)11(8-17-19)18-10(4)13(20)16-7-9(2)3/h1,8-10,18H,6-7H2,2-4H3,(H,16,20). The Balaban J connectivity index is 2.80. The summed E-state index contributed by atoms with van der Waals surface area (Å²) in [5.74, 6) is 2.59. The first-order valence-electron chi connectivity index (χ1n) is 6.60. The predicted molar refractivity (Wildman–Crippen MR) is 86.0 cm³/mol. The maximum atomic E-state index is 12.0. The maximum absolute atomic E-state index is 12.0. The van der Waals surface area contributed by atoms with Crippen molar-refractivity contribution in [3.63, 3.8) is 0 Å². The molecule has 1 aromatic heterocycles. The van der Waals surface area contributed by atoms with E-state index in [1.807, 2.05) is 13.8 Å². The van der Waals surface area contributed by atoms with Gasteiger partial charge in [-0.05, 0) is 28.8 Å². The molecule has 1 rings (SSSR count). The van der Waals surface area contributed by atoms with Gasteiger partial charge in [0.15, 0.2) is 0 Å². The van der Waals surface area contributed by atoms with Gasteiger partial charge in [-0.3, -0.25) is 9.59 Å². The summed E-state index contributed by atoms with van der Waals surface area (Å²) >= 11 is 3.20. The average molecular weight is 355 g/mol. The Morgan fingerprint density at radius 1 is 1.52 bits per heavy atom. The molecule has 0 bridgehead atoms. The number of anilines is 1. The highest BCUT2D eigenvalue weighted by molar-refractivity contribution is 9.10. The number of carbonyl (C=O) groups excluding carboxylic acids is 1. The van der Waals surface area contributed by atoms with Crippen LogP contribution in [0.1, 0.15) is 20.8 Å². The van der Waals surface area contributed by atoms with Crippen LogP contribution >= 0.6 is 15.9 Å². The minimum atomic E-state index is -0.482. The number of aromatic nitrogens is 2. The van der Waals surface area contributed by atoms with E-state index in [2.05, 4.69) is 37.6 Å². The molecular formula is C14H19BrN4O2. The van der Waals surface area contributed by atoms with Crippen LogP contribution in [0.5, 0.6) is 0 Å². The summed E-state index contributed by atoms with van der Waals surface area (Å²) in [6, 6.07) is -0.482. The maximum Gasteiger partial charge on any atom is 0.284 e. The van der Waals surface area contributed by atoms with Crippen molar-refractivity contribution in [2.45, 2.75) is 33.4 Å². The molecule has 0 aliphatic carbocycles. The van der Waals surface area contributed by atoms with Crippen LogP contribution in [0.15, 0.2) is 15.5 Å². The zero-order valence-electron chi connectivity index (χ0n) is 12.3. The molecule has 2 N–H and O–H groups in total. The van der Waals surface area contributed by atoms with Crippen LogP contribution in [0.3, 0.4) is 0 Å². The van der Waals surface area contributed by atoms with Gasteiger partial charge in [-0.1, -0.05) is 19.8 Å². The van der Waals surface area contributed by atoms with Gasteiger partial charge in [-0.25, -0.2) is 4.68 Å². The van der Waals surface area contributed by atoms with Gasteiger partial charge in [0.25, 0.3) is 5.56 Å². The molecule has 6 nitrogen and oxygen atoms in total. The first-order chi connectivity index (χ1) is 9.86. The second-order valence-electron chi connectivity index (χ2n) is 5.04. The van der Waals surface area contributed by atoms with Crippen molar-refractivity contribution in [1.29, 1.82) is 0 Å². The van der Waals surface area contributed by atoms with Crippen molar-refractivity contribution in [3.05, 3.63) is 21.0 Å². The van der Waals surface area contributed by atoms with Gasteiger partial charge >= 0.3 is 0 Å². The lowest BCUT2D eigenvalue weighted by Gasteiger charge is -2.17. The van der Waals surface area contributed by atoms with Gasteiger partial charge in [0.1, 0.15) is 17.1 Å². The average Bonchev–Trinajstić information content (AvgIpc) is 2.44. The summed E-state index contributed by atoms with van der Waals surface area (Å²) < 4.78 is 1.47. The highest BCUT2D eigenvalue weighted by Crippen LogP contribution is 2.17. The quantitative estimate of drug-likeness (QED) is 0.753. The molecule has 0 aliphatic rings. The number of carbonyl (C=O) groups is 1. The molecule has 0 aliphatic heterocycles. The number of rotatable bonds is 6. The summed E-state index contributed by atoms with van der Waals surface area (Å²) in [6.45, 7) is 6.46. The van der Waals surface area contributed by atoms with E-state index in [0.717, 1.165) is 0 Å². The molecule has 0 aromatic carbocycles. The Kier molecular flexibility index (Phi) is 6.43. The first kappa shape index (κ1) is 17.2. The number of hydrogen-bond donors (Lipinski definition) is 2. The number of hydrogen-bond acceptors (Lipinski definition) is 4. The zero-order valence-corrected chi connectivity index (χ0v) is 13.9. The van der Waals surface area contributed by atoms with E-state index in [0.29, 0.717) is 22.6 Å². The number of nitrogens with one attached hydrogen (secondary N) is 2. The van der Waals surface area contributed by atoms with Crippen LogP contribution in [-0.4, -0.2) is 28.3 Å². The van der Waals surface area contributed by atoms with E-state index >= 15 is 0 Å². The lowest BCUT2D eigenvalue weighted by molar-refractivity contribution is -0.121. The number of nitrogens with zero attached hydrogens (tertiary/aromatic N) is 2. The van der Waals surface area contributed by atoms with E-state index in [1.165, 1.54) is 10.9 Å². The van der Waals surface area contributed by atoms with Crippen LogP contribution in [0.25, 0.3) is 0 Å². The Morgan fingerprint density at radius 2 is 2.19 bits per heavy atom. The molecule has 0 fully saturated rings. The van der Waals surface area contributed by atoms with Crippen LogP contribution in [0, 0.1) is 18.3 Å². The molecule has 1 aromatic rings. The minimum absolute atomic E-state index is 0.0993. The fraction of sp³-hybridized carbons (Fsp3) is 0.500. The first-order valence-corrected chi connectivity index (χ1v) is 7.39. The van der Waals surface area contributed by atoms with E-state index in [-0.39, 0.29) is 18.0 Å². The molecule has 21 heavy (non-hydrogen) atoms. The fourth-order valence-corrected chi connectivity index (χ4v) is 1.94. The van der Waals surface area contributed by atoms with E-state index in [9.17, 15) is 9.59 Å². The molecule has 1 heterocycles. The number of terminal acetylenes is 1.